The molecule has 0 saturated heterocycles. The Morgan fingerprint density at radius 2 is 1.75 bits per heavy atom. The summed E-state index contributed by atoms with van der Waals surface area (Å²) >= 11 is 0. The summed E-state index contributed by atoms with van der Waals surface area (Å²) in [4.78, 5) is 0. The van der Waals surface area contributed by atoms with Crippen molar-refractivity contribution in [1.29, 1.82) is 0 Å². The van der Waals surface area contributed by atoms with Gasteiger partial charge in [0.05, 0.1) is 6.10 Å². The van der Waals surface area contributed by atoms with E-state index < -0.39 is 0 Å². The van der Waals surface area contributed by atoms with Crippen LogP contribution in [0.1, 0.15) is 37.9 Å². The van der Waals surface area contributed by atoms with Crippen molar-refractivity contribution in [1.82, 2.24) is 5.32 Å². The average Bonchev–Trinajstić information content (AvgIpc) is 2.28. The molecule has 0 radical (unpaired) electrons. The van der Waals surface area contributed by atoms with Crippen LogP contribution in [0.3, 0.4) is 0 Å². The van der Waals surface area contributed by atoms with Crippen molar-refractivity contribution in [2.24, 2.45) is 0 Å². The summed E-state index contributed by atoms with van der Waals surface area (Å²) in [6, 6.07) is 9.20. The fraction of sp³-hybridized carbons (Fsp3) is 0.571. The summed E-state index contributed by atoms with van der Waals surface area (Å²) in [7, 11) is 1.75. The van der Waals surface area contributed by atoms with E-state index in [1.165, 1.54) is 11.1 Å². The highest BCUT2D eigenvalue weighted by molar-refractivity contribution is 5.28. The third kappa shape index (κ3) is 3.32. The molecule has 16 heavy (non-hydrogen) atoms. The van der Waals surface area contributed by atoms with Crippen LogP contribution in [-0.4, -0.2) is 19.3 Å². The van der Waals surface area contributed by atoms with Gasteiger partial charge in [0.2, 0.25) is 0 Å². The third-order valence-corrected chi connectivity index (χ3v) is 3.24. The van der Waals surface area contributed by atoms with Gasteiger partial charge in [-0.2, -0.15) is 0 Å². The highest BCUT2D eigenvalue weighted by Gasteiger charge is 2.15. The van der Waals surface area contributed by atoms with Gasteiger partial charge in [-0.15, -0.1) is 0 Å². The summed E-state index contributed by atoms with van der Waals surface area (Å²) in [6.07, 6.45) is 0.228. The smallest absolute Gasteiger partial charge is 0.0693 e. The highest BCUT2D eigenvalue weighted by Crippen LogP contribution is 2.17. The zero-order chi connectivity index (χ0) is 12.1. The van der Waals surface area contributed by atoms with Crippen molar-refractivity contribution in [3.05, 3.63) is 35.4 Å². The Kier molecular flexibility index (Phi) is 4.97. The molecule has 0 spiro atoms. The van der Waals surface area contributed by atoms with E-state index in [-0.39, 0.29) is 6.10 Å². The van der Waals surface area contributed by atoms with Crippen molar-refractivity contribution in [2.75, 3.05) is 7.11 Å². The lowest BCUT2D eigenvalue weighted by Gasteiger charge is -2.25. The van der Waals surface area contributed by atoms with Crippen molar-refractivity contribution < 1.29 is 4.74 Å². The van der Waals surface area contributed by atoms with Gasteiger partial charge in [-0.05, 0) is 38.8 Å². The molecule has 0 aliphatic rings. The number of hydrogen-bond donors (Lipinski definition) is 1. The van der Waals surface area contributed by atoms with Gasteiger partial charge in [0.1, 0.15) is 0 Å². The molecule has 0 aliphatic heterocycles. The van der Waals surface area contributed by atoms with Gasteiger partial charge in [0, 0.05) is 19.2 Å². The molecule has 2 unspecified atom stereocenters. The summed E-state index contributed by atoms with van der Waals surface area (Å²) < 4.78 is 5.32. The fourth-order valence-corrected chi connectivity index (χ4v) is 1.90. The van der Waals surface area contributed by atoms with E-state index in [9.17, 15) is 0 Å². The Morgan fingerprint density at radius 1 is 1.12 bits per heavy atom. The summed E-state index contributed by atoms with van der Waals surface area (Å²) in [5, 5.41) is 3.56. The number of aryl methyl sites for hydroxylation is 1. The largest absolute Gasteiger partial charge is 0.380 e. The molecule has 3 atom stereocenters. The fourth-order valence-electron chi connectivity index (χ4n) is 1.90. The second-order valence-corrected chi connectivity index (χ2v) is 4.47. The molecule has 0 fully saturated rings. The molecule has 0 aromatic heterocycles. The first-order valence-electron chi connectivity index (χ1n) is 5.90. The first-order valence-corrected chi connectivity index (χ1v) is 5.90. The van der Waals surface area contributed by atoms with E-state index in [0.29, 0.717) is 12.1 Å². The number of benzene rings is 1. The number of ether oxygens (including phenoxy) is 1. The molecular formula is C14H23NO. The monoisotopic (exact) mass is 221 g/mol. The Balaban J connectivity index is 2.65. The lowest BCUT2D eigenvalue weighted by molar-refractivity contribution is 0.0852. The van der Waals surface area contributed by atoms with Gasteiger partial charge in [0.15, 0.2) is 0 Å². The summed E-state index contributed by atoms with van der Waals surface area (Å²) in [6.45, 7) is 8.59. The number of hydrogen-bond acceptors (Lipinski definition) is 2. The Labute approximate surface area is 99.0 Å². The maximum absolute atomic E-state index is 5.32. The van der Waals surface area contributed by atoms with Crippen LogP contribution in [0.5, 0.6) is 0 Å². The molecule has 1 rings (SSSR count). The van der Waals surface area contributed by atoms with Crippen LogP contribution in [0.2, 0.25) is 0 Å². The first kappa shape index (κ1) is 13.2. The van der Waals surface area contributed by atoms with Crippen molar-refractivity contribution in [3.63, 3.8) is 0 Å². The van der Waals surface area contributed by atoms with Gasteiger partial charge >= 0.3 is 0 Å². The van der Waals surface area contributed by atoms with Crippen LogP contribution in [0, 0.1) is 6.92 Å². The normalized spacial score (nSPS) is 16.8. The van der Waals surface area contributed by atoms with Gasteiger partial charge in [-0.25, -0.2) is 0 Å². The molecule has 1 aromatic carbocycles. The van der Waals surface area contributed by atoms with E-state index in [1.807, 2.05) is 0 Å². The number of nitrogens with one attached hydrogen (secondary N) is 1. The van der Waals surface area contributed by atoms with Gasteiger partial charge in [0.25, 0.3) is 0 Å². The molecule has 0 amide bonds. The summed E-state index contributed by atoms with van der Waals surface area (Å²) in [5.74, 6) is 0. The van der Waals surface area contributed by atoms with Crippen LogP contribution < -0.4 is 5.32 Å². The average molecular weight is 221 g/mol. The number of rotatable bonds is 5. The summed E-state index contributed by atoms with van der Waals surface area (Å²) in [5.41, 5.74) is 2.69. The molecule has 90 valence electrons. The minimum atomic E-state index is 0.228. The Morgan fingerprint density at radius 3 is 2.31 bits per heavy atom. The molecule has 1 N–H and O–H groups in total. The molecular weight excluding hydrogens is 198 g/mol. The van der Waals surface area contributed by atoms with E-state index in [4.69, 9.17) is 4.74 Å². The lowest BCUT2D eigenvalue weighted by Crippen LogP contribution is -2.38. The topological polar surface area (TPSA) is 21.3 Å². The van der Waals surface area contributed by atoms with Gasteiger partial charge in [-0.1, -0.05) is 24.3 Å². The quantitative estimate of drug-likeness (QED) is 0.825. The van der Waals surface area contributed by atoms with E-state index in [2.05, 4.69) is 57.3 Å². The maximum atomic E-state index is 5.32. The number of methoxy groups -OCH3 is 1. The van der Waals surface area contributed by atoms with E-state index >= 15 is 0 Å². The predicted molar refractivity (Wildman–Crippen MR) is 68.7 cm³/mol. The standard InChI is InChI=1S/C14H23NO/c1-10-8-6-7-9-14(10)12(3)15-11(2)13(4)16-5/h6-9,11-13,15H,1-5H3/t11?,12-,13?/m0/s1. The minimum absolute atomic E-state index is 0.228. The van der Waals surface area contributed by atoms with Crippen molar-refractivity contribution in [2.45, 2.75) is 45.9 Å². The second kappa shape index (κ2) is 6.02. The van der Waals surface area contributed by atoms with E-state index in [1.54, 1.807) is 7.11 Å². The zero-order valence-corrected chi connectivity index (χ0v) is 10.9. The van der Waals surface area contributed by atoms with Crippen molar-refractivity contribution in [3.8, 4) is 0 Å². The zero-order valence-electron chi connectivity index (χ0n) is 10.9. The predicted octanol–water partition coefficient (Wildman–Crippen LogP) is 3.07. The van der Waals surface area contributed by atoms with Crippen LogP contribution in [0.4, 0.5) is 0 Å². The van der Waals surface area contributed by atoms with Gasteiger partial charge < -0.3 is 10.1 Å². The molecule has 2 nitrogen and oxygen atoms in total. The molecule has 0 heterocycles. The van der Waals surface area contributed by atoms with E-state index in [0.717, 1.165) is 0 Å². The SMILES string of the molecule is COC(C)C(C)N[C@@H](C)c1ccccc1C. The molecule has 2 heteroatoms. The second-order valence-electron chi connectivity index (χ2n) is 4.47. The van der Waals surface area contributed by atoms with Crippen LogP contribution in [-0.2, 0) is 4.74 Å². The first-order chi connectivity index (χ1) is 7.56. The molecule has 0 bridgehead atoms. The Hall–Kier alpha value is -0.860. The van der Waals surface area contributed by atoms with Crippen LogP contribution >= 0.6 is 0 Å². The Bertz CT molecular complexity index is 324. The molecule has 0 aliphatic carbocycles. The minimum Gasteiger partial charge on any atom is -0.380 e. The van der Waals surface area contributed by atoms with Crippen LogP contribution in [0.15, 0.2) is 24.3 Å². The third-order valence-electron chi connectivity index (χ3n) is 3.24. The lowest BCUT2D eigenvalue weighted by atomic mass is 10.0. The van der Waals surface area contributed by atoms with Crippen molar-refractivity contribution >= 4 is 0 Å². The maximum Gasteiger partial charge on any atom is 0.0693 e. The highest BCUT2D eigenvalue weighted by atomic mass is 16.5. The van der Waals surface area contributed by atoms with Crippen LogP contribution in [0.25, 0.3) is 0 Å². The van der Waals surface area contributed by atoms with Gasteiger partial charge in [-0.3, -0.25) is 0 Å². The molecule has 0 saturated carbocycles. The molecule has 1 aromatic rings.